The van der Waals surface area contributed by atoms with Crippen LogP contribution >= 0.6 is 27.3 Å². The standard InChI is InChI=1S/C11H14BrN3OS/c1-3-4-14-10(16)7-15(2)11-5-8(12)9(6-13)17-11/h5H,3-4,7H2,1-2H3,(H,14,16). The van der Waals surface area contributed by atoms with Crippen molar-refractivity contribution in [1.29, 1.82) is 5.26 Å². The Morgan fingerprint density at radius 2 is 2.41 bits per heavy atom. The first-order chi connectivity index (χ1) is 8.08. The summed E-state index contributed by atoms with van der Waals surface area (Å²) in [5.41, 5.74) is 0. The van der Waals surface area contributed by atoms with E-state index >= 15 is 0 Å². The number of amides is 1. The molecule has 1 aromatic rings. The summed E-state index contributed by atoms with van der Waals surface area (Å²) in [5.74, 6) is -0.00243. The number of nitrogens with zero attached hydrogens (tertiary/aromatic N) is 2. The van der Waals surface area contributed by atoms with Gasteiger partial charge in [-0.3, -0.25) is 4.79 Å². The normalized spacial score (nSPS) is 9.76. The topological polar surface area (TPSA) is 56.1 Å². The molecule has 0 aliphatic heterocycles. The lowest BCUT2D eigenvalue weighted by Crippen LogP contribution is -2.35. The van der Waals surface area contributed by atoms with Crippen molar-refractivity contribution in [1.82, 2.24) is 5.32 Å². The fraction of sp³-hybridized carbons (Fsp3) is 0.455. The second-order valence-electron chi connectivity index (χ2n) is 3.58. The Labute approximate surface area is 113 Å². The molecule has 4 nitrogen and oxygen atoms in total. The summed E-state index contributed by atoms with van der Waals surface area (Å²) < 4.78 is 0.779. The van der Waals surface area contributed by atoms with E-state index in [-0.39, 0.29) is 5.91 Å². The maximum absolute atomic E-state index is 11.5. The molecule has 0 aromatic carbocycles. The second-order valence-corrected chi connectivity index (χ2v) is 5.46. The SMILES string of the molecule is CCCNC(=O)CN(C)c1cc(Br)c(C#N)s1. The van der Waals surface area contributed by atoms with Crippen LogP contribution in [-0.2, 0) is 4.79 Å². The van der Waals surface area contributed by atoms with Crippen molar-refractivity contribution in [2.24, 2.45) is 0 Å². The van der Waals surface area contributed by atoms with E-state index in [1.807, 2.05) is 24.9 Å². The number of hydrogen-bond acceptors (Lipinski definition) is 4. The summed E-state index contributed by atoms with van der Waals surface area (Å²) in [6.07, 6.45) is 0.929. The van der Waals surface area contributed by atoms with E-state index in [1.54, 1.807) is 0 Å². The van der Waals surface area contributed by atoms with Gasteiger partial charge in [0.25, 0.3) is 0 Å². The minimum Gasteiger partial charge on any atom is -0.357 e. The van der Waals surface area contributed by atoms with Gasteiger partial charge in [0.15, 0.2) is 0 Å². The van der Waals surface area contributed by atoms with Crippen molar-refractivity contribution in [2.45, 2.75) is 13.3 Å². The molecule has 0 spiro atoms. The summed E-state index contributed by atoms with van der Waals surface area (Å²) in [5, 5.41) is 12.6. The van der Waals surface area contributed by atoms with Crippen molar-refractivity contribution >= 4 is 38.2 Å². The number of nitriles is 1. The Balaban J connectivity index is 2.60. The fourth-order valence-corrected chi connectivity index (χ4v) is 2.74. The maximum Gasteiger partial charge on any atom is 0.239 e. The lowest BCUT2D eigenvalue weighted by molar-refractivity contribution is -0.119. The third kappa shape index (κ3) is 4.02. The van der Waals surface area contributed by atoms with Crippen molar-refractivity contribution < 1.29 is 4.79 Å². The van der Waals surface area contributed by atoms with Crippen LogP contribution in [0.4, 0.5) is 5.00 Å². The van der Waals surface area contributed by atoms with E-state index < -0.39 is 0 Å². The zero-order valence-corrected chi connectivity index (χ0v) is 12.2. The molecule has 0 saturated heterocycles. The zero-order valence-electron chi connectivity index (χ0n) is 9.79. The van der Waals surface area contributed by atoms with Crippen molar-refractivity contribution in [3.8, 4) is 6.07 Å². The Morgan fingerprint density at radius 1 is 1.71 bits per heavy atom. The lowest BCUT2D eigenvalue weighted by Gasteiger charge is -2.16. The Morgan fingerprint density at radius 3 is 2.94 bits per heavy atom. The van der Waals surface area contributed by atoms with E-state index in [0.717, 1.165) is 15.9 Å². The molecule has 0 aliphatic carbocycles. The molecule has 0 bridgehead atoms. The van der Waals surface area contributed by atoms with Gasteiger partial charge in [0, 0.05) is 18.1 Å². The molecule has 1 rings (SSSR count). The maximum atomic E-state index is 11.5. The van der Waals surface area contributed by atoms with E-state index in [9.17, 15) is 4.79 Å². The summed E-state index contributed by atoms with van der Waals surface area (Å²) >= 11 is 4.69. The quantitative estimate of drug-likeness (QED) is 0.907. The van der Waals surface area contributed by atoms with Crippen molar-refractivity contribution in [2.75, 3.05) is 25.0 Å². The first-order valence-corrected chi connectivity index (χ1v) is 6.86. The van der Waals surface area contributed by atoms with Crippen LogP contribution in [0.1, 0.15) is 18.2 Å². The third-order valence-electron chi connectivity index (χ3n) is 2.10. The number of thiophene rings is 1. The summed E-state index contributed by atoms with van der Waals surface area (Å²) in [6, 6.07) is 3.96. The number of carbonyl (C=O) groups excluding carboxylic acids is 1. The van der Waals surface area contributed by atoms with Crippen LogP contribution < -0.4 is 10.2 Å². The molecule has 17 heavy (non-hydrogen) atoms. The molecule has 1 heterocycles. The smallest absolute Gasteiger partial charge is 0.239 e. The highest BCUT2D eigenvalue weighted by molar-refractivity contribution is 9.10. The molecule has 0 aliphatic rings. The van der Waals surface area contributed by atoms with Crippen LogP contribution in [0.5, 0.6) is 0 Å². The van der Waals surface area contributed by atoms with E-state index in [4.69, 9.17) is 5.26 Å². The van der Waals surface area contributed by atoms with Crippen LogP contribution in [-0.4, -0.2) is 26.0 Å². The number of hydrogen-bond donors (Lipinski definition) is 1. The van der Waals surface area contributed by atoms with Crippen LogP contribution in [0.3, 0.4) is 0 Å². The minimum absolute atomic E-state index is 0.00243. The highest BCUT2D eigenvalue weighted by Crippen LogP contribution is 2.32. The van der Waals surface area contributed by atoms with Crippen LogP contribution in [0.2, 0.25) is 0 Å². The number of rotatable bonds is 5. The Kier molecular flexibility index (Phi) is 5.45. The van der Waals surface area contributed by atoms with Gasteiger partial charge in [0.2, 0.25) is 5.91 Å². The Bertz CT molecular complexity index is 438. The highest BCUT2D eigenvalue weighted by Gasteiger charge is 2.12. The van der Waals surface area contributed by atoms with Gasteiger partial charge in [0.05, 0.1) is 11.5 Å². The highest BCUT2D eigenvalue weighted by atomic mass is 79.9. The van der Waals surface area contributed by atoms with Gasteiger partial charge in [-0.15, -0.1) is 11.3 Å². The molecule has 6 heteroatoms. The van der Waals surface area contributed by atoms with E-state index in [2.05, 4.69) is 27.3 Å². The van der Waals surface area contributed by atoms with E-state index in [0.29, 0.717) is 18.0 Å². The molecular weight excluding hydrogens is 302 g/mol. The zero-order chi connectivity index (χ0) is 12.8. The van der Waals surface area contributed by atoms with Crippen LogP contribution in [0, 0.1) is 11.3 Å². The average molecular weight is 316 g/mol. The predicted molar refractivity (Wildman–Crippen MR) is 73.3 cm³/mol. The van der Waals surface area contributed by atoms with Gasteiger partial charge in [0.1, 0.15) is 10.9 Å². The number of nitrogens with one attached hydrogen (secondary N) is 1. The van der Waals surface area contributed by atoms with Gasteiger partial charge < -0.3 is 10.2 Å². The molecule has 0 radical (unpaired) electrons. The molecule has 0 saturated carbocycles. The van der Waals surface area contributed by atoms with Crippen molar-refractivity contribution in [3.63, 3.8) is 0 Å². The average Bonchev–Trinajstić information content (AvgIpc) is 2.68. The number of halogens is 1. The van der Waals surface area contributed by atoms with Gasteiger partial charge in [-0.2, -0.15) is 5.26 Å². The molecule has 1 amide bonds. The van der Waals surface area contributed by atoms with Gasteiger partial charge in [-0.25, -0.2) is 0 Å². The van der Waals surface area contributed by atoms with Gasteiger partial charge in [-0.1, -0.05) is 6.92 Å². The van der Waals surface area contributed by atoms with Gasteiger partial charge >= 0.3 is 0 Å². The molecule has 1 N–H and O–H groups in total. The van der Waals surface area contributed by atoms with Crippen LogP contribution in [0.25, 0.3) is 0 Å². The van der Waals surface area contributed by atoms with Gasteiger partial charge in [-0.05, 0) is 28.4 Å². The molecular formula is C11H14BrN3OS. The predicted octanol–water partition coefficient (Wildman–Crippen LogP) is 2.34. The fourth-order valence-electron chi connectivity index (χ4n) is 1.23. The third-order valence-corrected chi connectivity index (χ3v) is 4.15. The van der Waals surface area contributed by atoms with E-state index in [1.165, 1.54) is 11.3 Å². The minimum atomic E-state index is -0.00243. The molecule has 1 aromatic heterocycles. The first-order valence-electron chi connectivity index (χ1n) is 5.25. The monoisotopic (exact) mass is 315 g/mol. The molecule has 0 atom stereocenters. The van der Waals surface area contributed by atoms with Crippen LogP contribution in [0.15, 0.2) is 10.5 Å². The lowest BCUT2D eigenvalue weighted by atomic mass is 10.4. The number of likely N-dealkylation sites (N-methyl/N-ethyl adjacent to an activating group) is 1. The van der Waals surface area contributed by atoms with Crippen molar-refractivity contribution in [3.05, 3.63) is 15.4 Å². The molecule has 0 unspecified atom stereocenters. The summed E-state index contributed by atoms with van der Waals surface area (Å²) in [7, 11) is 1.84. The first kappa shape index (κ1) is 14.0. The second kappa shape index (κ2) is 6.62. The largest absolute Gasteiger partial charge is 0.357 e. The summed E-state index contributed by atoms with van der Waals surface area (Å²) in [6.45, 7) is 3.02. The molecule has 92 valence electrons. The number of carbonyl (C=O) groups is 1. The summed E-state index contributed by atoms with van der Waals surface area (Å²) in [4.78, 5) is 14.0. The molecule has 0 fully saturated rings. The Hall–Kier alpha value is -1.06. The number of anilines is 1.